The molecule has 20 heteroatoms. The van der Waals surface area contributed by atoms with E-state index >= 15 is 0 Å². The molecule has 10 N–H and O–H groups in total. The number of allylic oxidation sites excluding steroid dienone is 4. The van der Waals surface area contributed by atoms with Crippen molar-refractivity contribution in [2.24, 2.45) is 49.6 Å². The van der Waals surface area contributed by atoms with E-state index in [1.54, 1.807) is 75.4 Å². The van der Waals surface area contributed by atoms with Crippen LogP contribution in [0.1, 0.15) is 269 Å². The molecule has 2 amide bonds. The van der Waals surface area contributed by atoms with E-state index in [0.717, 1.165) is 78.1 Å². The fraction of sp³-hybridized carbons (Fsp3) is 0.579. The van der Waals surface area contributed by atoms with Crippen molar-refractivity contribution in [3.8, 4) is 23.0 Å². The number of nitrogens with two attached hydrogens (primary N) is 1. The van der Waals surface area contributed by atoms with Crippen molar-refractivity contribution in [1.82, 2.24) is 20.6 Å². The number of likely N-dealkylation sites (N-methyl/N-ethyl adjacent to an activating group) is 1. The van der Waals surface area contributed by atoms with E-state index in [-0.39, 0.29) is 86.2 Å². The Labute approximate surface area is 694 Å². The maximum atomic E-state index is 12.4. The molecule has 0 aliphatic carbocycles. The molecule has 0 spiro atoms. The Hall–Kier alpha value is -8.17. The zero-order valence-electron chi connectivity index (χ0n) is 75.0. The number of para-hydroxylation sites is 2. The summed E-state index contributed by atoms with van der Waals surface area (Å²) in [4.78, 5) is 101. The minimum absolute atomic E-state index is 0.0248. The summed E-state index contributed by atoms with van der Waals surface area (Å²) in [7, 11) is 6.01. The van der Waals surface area contributed by atoms with Gasteiger partial charge in [0.25, 0.3) is 0 Å². The first-order chi connectivity index (χ1) is 52.8. The Morgan fingerprint density at radius 1 is 0.600 bits per heavy atom. The number of hydrogen-bond acceptors (Lipinski definition) is 15. The normalized spacial score (nSPS) is 15.6. The van der Waals surface area contributed by atoms with E-state index in [1.165, 1.54) is 30.5 Å². The molecule has 19 nitrogen and oxygen atoms in total. The standard InChI is InChI=1S/C18H18O4.C15H20N2O2.C15H21NO.C14H24N2O2S.C12H22O.C11H24NO2.C10H18O/c1-18(2,3)16(20)13-9-5-7-11-15(13)22-17(21)12-8-4-6-10-14(12)19;1-15(2,3)14(19)12(16)6-9-8-17-13-5-4-10(18)7-11(9)13;1-15(2,3)8-4-5-11-10-16-14-7-6-12(17)9-13(11)14;1-14(2,3)11(17)7-5-4-6-10-12-9(8-19-10)15-13(18)16-12;1-6-7-8-9-12(4,5)11(13)10(2)3;1-11(2,3)10(14)7-9(13)8-12(4,5)6;1-5-6-7-8-9(11)10(2,3)4/h4-11,19H,1-3H3;4-5,7-8,12,17-18H,6,16H2,1-3H3;6-7,9-10,16-17H,4-5,8H2,1-3H3;9-10,12H,4-8H2,1-3H3,(H2,15,16,18);7-8,10H,6,9H2,1-5H3;9,13H,7-8H2,1-6H3;6-7H,5,8H2,1-4H3/q;;;;;+1;/b;;;;8-7-;;7-6-/t;12-;;9-,10-,12-;;;/m.0.0.../s1. The Bertz CT molecular complexity index is 4150. The number of esters is 1. The van der Waals surface area contributed by atoms with Crippen molar-refractivity contribution < 1.29 is 68.0 Å². The molecule has 5 atom stereocenters. The SMILES string of the molecule is CC(C)(C)C(=O)CC(O)C[N+](C)(C)C.CC(C)(C)C(=O)CCCC[C@@H]1SC[C@@H]2NC(=O)N[C@@H]21.CC(C)(C)C(=O)[C@@H](N)Cc1c[nH]c2ccc(O)cc12.CC(C)(C)C(=O)c1ccccc1OC(=O)c1ccccc1O.CC(C)(C)CCCc1c[nH]c2ccc(O)cc12.CC/C=C\CC(=O)C(C)(C)C.CC/C=C\CC(C)(C)C(=O)C(C)C. The minimum atomic E-state index is -0.702. The number of thioether (sulfide) groups is 1. The summed E-state index contributed by atoms with van der Waals surface area (Å²) in [6.45, 7) is 48.0. The van der Waals surface area contributed by atoms with Gasteiger partial charge in [-0.05, 0) is 135 Å². The molecule has 2 fully saturated rings. The third-order valence-electron chi connectivity index (χ3n) is 19.2. The van der Waals surface area contributed by atoms with Crippen molar-refractivity contribution in [2.75, 3.05) is 33.4 Å². The summed E-state index contributed by atoms with van der Waals surface area (Å²) in [5.41, 5.74) is 9.14. The number of phenolic OH excluding ortho intramolecular Hbond substituents is 3. The van der Waals surface area contributed by atoms with Crippen LogP contribution in [0.3, 0.4) is 0 Å². The number of aromatic amines is 2. The van der Waals surface area contributed by atoms with Crippen molar-refractivity contribution >= 4 is 80.3 Å². The van der Waals surface area contributed by atoms with Gasteiger partial charge in [-0.1, -0.05) is 221 Å². The lowest BCUT2D eigenvalue weighted by Crippen LogP contribution is -2.42. The predicted molar refractivity (Wildman–Crippen MR) is 474 cm³/mol. The summed E-state index contributed by atoms with van der Waals surface area (Å²) < 4.78 is 5.99. The highest BCUT2D eigenvalue weighted by molar-refractivity contribution is 8.00. The number of aliphatic hydroxyl groups excluding tert-OH is 1. The van der Waals surface area contributed by atoms with Crippen molar-refractivity contribution in [1.29, 1.82) is 0 Å². The van der Waals surface area contributed by atoms with Gasteiger partial charge in [-0.3, -0.25) is 28.8 Å². The number of phenols is 3. The first-order valence-electron chi connectivity index (χ1n) is 41.0. The van der Waals surface area contributed by atoms with E-state index < -0.39 is 28.9 Å². The molecule has 1 unspecified atom stereocenters. The number of aliphatic hydroxyl groups is 1. The molecule has 2 aliphatic rings. The summed E-state index contributed by atoms with van der Waals surface area (Å²) in [5, 5.41) is 47.0. The fourth-order valence-electron chi connectivity index (χ4n) is 12.3. The van der Waals surface area contributed by atoms with Crippen LogP contribution in [0.25, 0.3) is 21.8 Å². The lowest BCUT2D eigenvalue weighted by Gasteiger charge is -2.27. The van der Waals surface area contributed by atoms with Gasteiger partial charge in [0.1, 0.15) is 64.3 Å². The Morgan fingerprint density at radius 2 is 1.11 bits per heavy atom. The van der Waals surface area contributed by atoms with Gasteiger partial charge in [-0.2, -0.15) is 11.8 Å². The number of carbonyl (C=O) groups is 8. The lowest BCUT2D eigenvalue weighted by molar-refractivity contribution is -0.873. The van der Waals surface area contributed by atoms with Crippen molar-refractivity contribution in [3.05, 3.63) is 144 Å². The topological polar surface area (TPSA) is 308 Å². The third kappa shape index (κ3) is 38.2. The molecule has 2 saturated heterocycles. The zero-order chi connectivity index (χ0) is 88.0. The molecular weight excluding hydrogens is 1470 g/mol. The molecule has 0 saturated carbocycles. The molecule has 115 heavy (non-hydrogen) atoms. The number of unbranched alkanes of at least 4 members (excludes halogenated alkanes) is 1. The van der Waals surface area contributed by atoms with Crippen LogP contribution in [0.2, 0.25) is 0 Å². The molecule has 4 aromatic carbocycles. The van der Waals surface area contributed by atoms with Gasteiger partial charge in [0.05, 0.1) is 44.8 Å². The second-order valence-electron chi connectivity index (χ2n) is 38.7. The number of aromatic nitrogens is 2. The van der Waals surface area contributed by atoms with Crippen LogP contribution in [0.5, 0.6) is 23.0 Å². The van der Waals surface area contributed by atoms with E-state index in [2.05, 4.69) is 73.6 Å². The average Bonchev–Trinajstić information content (AvgIpc) is 1.76. The number of aryl methyl sites for hydroxylation is 1. The highest BCUT2D eigenvalue weighted by Gasteiger charge is 2.43. The van der Waals surface area contributed by atoms with Gasteiger partial charge in [0.2, 0.25) is 0 Å². The highest BCUT2D eigenvalue weighted by Crippen LogP contribution is 2.35. The van der Waals surface area contributed by atoms with E-state index in [1.807, 2.05) is 180 Å². The molecule has 2 aliphatic heterocycles. The summed E-state index contributed by atoms with van der Waals surface area (Å²) in [5.74, 6) is 2.09. The van der Waals surface area contributed by atoms with E-state index in [4.69, 9.17) is 10.5 Å². The maximum absolute atomic E-state index is 12.4. The number of H-pyrrole nitrogens is 2. The Balaban J connectivity index is 0.000000460. The number of fused-ring (bicyclic) bond motifs is 3. The van der Waals surface area contributed by atoms with Gasteiger partial charge < -0.3 is 56.0 Å². The molecule has 0 radical (unpaired) electrons. The number of rotatable bonds is 26. The van der Waals surface area contributed by atoms with E-state index in [0.29, 0.717) is 75.7 Å². The molecular formula is C95H147N6O13S+. The quantitative estimate of drug-likeness (QED) is 0.00464. The Morgan fingerprint density at radius 3 is 1.61 bits per heavy atom. The average molecular weight is 1610 g/mol. The van der Waals surface area contributed by atoms with Crippen molar-refractivity contribution in [2.45, 2.75) is 279 Å². The molecule has 4 heterocycles. The highest BCUT2D eigenvalue weighted by atomic mass is 32.2. The van der Waals surface area contributed by atoms with Gasteiger partial charge in [-0.15, -0.1) is 0 Å². The fourth-order valence-corrected chi connectivity index (χ4v) is 13.9. The number of hydrogen-bond donors (Lipinski definition) is 9. The summed E-state index contributed by atoms with van der Waals surface area (Å²) >= 11 is 1.94. The van der Waals surface area contributed by atoms with Crippen LogP contribution < -0.4 is 21.1 Å². The largest absolute Gasteiger partial charge is 0.508 e. The molecule has 640 valence electrons. The third-order valence-corrected chi connectivity index (χ3v) is 20.7. The number of benzene rings is 4. The first-order valence-corrected chi connectivity index (χ1v) is 42.0. The second-order valence-corrected chi connectivity index (χ2v) is 40.0. The van der Waals surface area contributed by atoms with Crippen LogP contribution in [0.4, 0.5) is 4.79 Å². The number of nitrogens with zero attached hydrogens (tertiary/aromatic N) is 1. The number of Topliss-reactive ketones (excluding diaryl/α,β-unsaturated/α-hetero) is 6. The number of nitrogens with one attached hydrogen (secondary N) is 4. The Kier molecular flexibility index (Phi) is 41.3. The van der Waals surface area contributed by atoms with Gasteiger partial charge in [-0.25, -0.2) is 9.59 Å². The maximum Gasteiger partial charge on any atom is 0.347 e. The monoisotopic (exact) mass is 1610 g/mol. The van der Waals surface area contributed by atoms with Crippen LogP contribution in [-0.2, 0) is 36.8 Å². The van der Waals surface area contributed by atoms with Gasteiger partial charge in [0, 0.05) is 103 Å². The second kappa shape index (κ2) is 46.1. The van der Waals surface area contributed by atoms with Gasteiger partial charge >= 0.3 is 12.0 Å². The molecule has 2 aromatic heterocycles. The van der Waals surface area contributed by atoms with Crippen LogP contribution >= 0.6 is 11.8 Å². The van der Waals surface area contributed by atoms with Crippen molar-refractivity contribution in [3.63, 3.8) is 0 Å². The molecule has 8 rings (SSSR count). The summed E-state index contributed by atoms with van der Waals surface area (Å²) in [6.07, 6.45) is 23.1. The first kappa shape index (κ1) is 103. The summed E-state index contributed by atoms with van der Waals surface area (Å²) in [6, 6.07) is 23.4. The molecule has 0 bridgehead atoms. The number of carbonyl (C=O) groups excluding carboxylic acids is 8. The zero-order valence-corrected chi connectivity index (χ0v) is 75.8. The van der Waals surface area contributed by atoms with Crippen LogP contribution in [0.15, 0.2) is 122 Å². The van der Waals surface area contributed by atoms with Crippen LogP contribution in [0, 0.1) is 43.8 Å². The number of aromatic hydroxyl groups is 3. The number of ketones is 6. The number of ether oxygens (including phenoxy) is 1. The molecule has 6 aromatic rings. The predicted octanol–water partition coefficient (Wildman–Crippen LogP) is 20.4. The van der Waals surface area contributed by atoms with Gasteiger partial charge in [0.15, 0.2) is 11.6 Å². The lowest BCUT2D eigenvalue weighted by atomic mass is 9.79. The number of amides is 2. The van der Waals surface area contributed by atoms with Crippen LogP contribution in [-0.4, -0.2) is 144 Å². The minimum Gasteiger partial charge on any atom is -0.508 e. The number of urea groups is 1. The smallest absolute Gasteiger partial charge is 0.347 e. The van der Waals surface area contributed by atoms with E-state index in [9.17, 15) is 58.8 Å². The number of quaternary nitrogens is 1.